The van der Waals surface area contributed by atoms with Crippen LogP contribution in [0.25, 0.3) is 11.1 Å². The molecule has 2 N–H and O–H groups in total. The number of nitrogens with one attached hydrogen (secondary N) is 2. The normalized spacial score (nSPS) is 12.5. The number of halogens is 1. The molecule has 4 aromatic rings. The van der Waals surface area contributed by atoms with E-state index in [-0.39, 0.29) is 23.3 Å². The molecule has 0 radical (unpaired) electrons. The zero-order chi connectivity index (χ0) is 24.8. The summed E-state index contributed by atoms with van der Waals surface area (Å²) in [5.74, 6) is 0.471. The highest BCUT2D eigenvalue weighted by atomic mass is 32.2. The predicted octanol–water partition coefficient (Wildman–Crippen LogP) is 5.32. The summed E-state index contributed by atoms with van der Waals surface area (Å²) in [6.07, 6.45) is 1.11. The molecule has 180 valence electrons. The number of nitrogens with zero attached hydrogens (tertiary/aromatic N) is 2. The van der Waals surface area contributed by atoms with Gasteiger partial charge < -0.3 is 9.84 Å². The smallest absolute Gasteiger partial charge is 0.262 e. The highest BCUT2D eigenvalue weighted by Crippen LogP contribution is 2.30. The molecule has 0 fully saturated rings. The topological polar surface area (TPSA) is 96.6 Å². The molecule has 0 saturated carbocycles. The SMILES string of the molecule is Cc1ccc(S(=O)(=O)NC=NCNc2cc(C(C)c3ccc(-c4ccccc4)c(F)c3)on2)cc1. The minimum absolute atomic E-state index is 0.0805. The van der Waals surface area contributed by atoms with Gasteiger partial charge in [-0.1, -0.05) is 72.2 Å². The second-order valence-electron chi connectivity index (χ2n) is 8.02. The number of rotatable bonds is 9. The molecule has 0 saturated heterocycles. The van der Waals surface area contributed by atoms with Gasteiger partial charge in [-0.3, -0.25) is 9.71 Å². The number of sulfonamides is 1. The van der Waals surface area contributed by atoms with Crippen LogP contribution in [0, 0.1) is 12.7 Å². The van der Waals surface area contributed by atoms with Crippen molar-refractivity contribution in [1.82, 2.24) is 9.88 Å². The van der Waals surface area contributed by atoms with Gasteiger partial charge in [0.25, 0.3) is 10.0 Å². The lowest BCUT2D eigenvalue weighted by atomic mass is 9.95. The molecular formula is C26H25FN4O3S. The Labute approximate surface area is 203 Å². The van der Waals surface area contributed by atoms with E-state index in [0.29, 0.717) is 17.1 Å². The summed E-state index contributed by atoms with van der Waals surface area (Å²) in [4.78, 5) is 4.16. The molecule has 1 heterocycles. The van der Waals surface area contributed by atoms with E-state index < -0.39 is 10.0 Å². The Morgan fingerprint density at radius 1 is 1.06 bits per heavy atom. The van der Waals surface area contributed by atoms with Gasteiger partial charge in [0.1, 0.15) is 18.2 Å². The fourth-order valence-corrected chi connectivity index (χ4v) is 4.30. The molecular weight excluding hydrogens is 467 g/mol. The predicted molar refractivity (Wildman–Crippen MR) is 134 cm³/mol. The molecule has 3 aromatic carbocycles. The van der Waals surface area contributed by atoms with Crippen LogP contribution in [0.3, 0.4) is 0 Å². The van der Waals surface area contributed by atoms with Crippen molar-refractivity contribution in [2.75, 3.05) is 12.0 Å². The van der Waals surface area contributed by atoms with E-state index in [1.54, 1.807) is 24.3 Å². The van der Waals surface area contributed by atoms with Gasteiger partial charge >= 0.3 is 0 Å². The molecule has 0 aliphatic carbocycles. The largest absolute Gasteiger partial charge is 0.359 e. The number of aromatic nitrogens is 1. The van der Waals surface area contributed by atoms with Gasteiger partial charge in [-0.05, 0) is 36.2 Å². The van der Waals surface area contributed by atoms with Crippen LogP contribution < -0.4 is 10.0 Å². The van der Waals surface area contributed by atoms with E-state index in [0.717, 1.165) is 23.0 Å². The zero-order valence-corrected chi connectivity index (χ0v) is 20.1. The molecule has 0 aliphatic rings. The van der Waals surface area contributed by atoms with Crippen LogP contribution in [-0.2, 0) is 10.0 Å². The zero-order valence-electron chi connectivity index (χ0n) is 19.3. The van der Waals surface area contributed by atoms with Crippen molar-refractivity contribution in [2.24, 2.45) is 4.99 Å². The average molecular weight is 493 g/mol. The maximum absolute atomic E-state index is 14.7. The second-order valence-corrected chi connectivity index (χ2v) is 9.74. The first kappa shape index (κ1) is 24.2. The van der Waals surface area contributed by atoms with Crippen molar-refractivity contribution < 1.29 is 17.3 Å². The first-order valence-electron chi connectivity index (χ1n) is 11.0. The lowest BCUT2D eigenvalue weighted by molar-refractivity contribution is 0.377. The standard InChI is InChI=1S/C26H25FN4O3S/c1-18-8-11-22(12-9-18)35(32,33)30-17-28-16-29-26-15-25(34-31-26)19(2)21-10-13-23(24(27)14-21)20-6-4-3-5-7-20/h3-15,17,19H,16H2,1-2H3,(H,28,30)(H,29,31). The van der Waals surface area contributed by atoms with Crippen LogP contribution in [-0.4, -0.2) is 26.6 Å². The van der Waals surface area contributed by atoms with Crippen molar-refractivity contribution >= 4 is 22.2 Å². The number of aryl methyl sites for hydroxylation is 1. The summed E-state index contributed by atoms with van der Waals surface area (Å²) >= 11 is 0. The Hall–Kier alpha value is -3.98. The van der Waals surface area contributed by atoms with Gasteiger partial charge in [-0.15, -0.1) is 0 Å². The van der Waals surface area contributed by atoms with Crippen molar-refractivity contribution in [1.29, 1.82) is 0 Å². The monoisotopic (exact) mass is 492 g/mol. The summed E-state index contributed by atoms with van der Waals surface area (Å²) in [6, 6.07) is 22.7. The highest BCUT2D eigenvalue weighted by Gasteiger charge is 2.17. The third kappa shape index (κ3) is 5.93. The van der Waals surface area contributed by atoms with Gasteiger partial charge in [0.2, 0.25) is 0 Å². The van der Waals surface area contributed by atoms with Crippen LogP contribution in [0.2, 0.25) is 0 Å². The molecule has 1 atom stereocenters. The maximum atomic E-state index is 14.7. The Bertz CT molecular complexity index is 1420. The molecule has 35 heavy (non-hydrogen) atoms. The molecule has 0 aliphatic heterocycles. The van der Waals surface area contributed by atoms with Gasteiger partial charge in [0.15, 0.2) is 5.82 Å². The summed E-state index contributed by atoms with van der Waals surface area (Å²) < 4.78 is 46.9. The number of hydrogen-bond acceptors (Lipinski definition) is 6. The highest BCUT2D eigenvalue weighted by molar-refractivity contribution is 7.90. The summed E-state index contributed by atoms with van der Waals surface area (Å²) in [6.45, 7) is 3.86. The van der Waals surface area contributed by atoms with Crippen LogP contribution in [0.1, 0.15) is 29.7 Å². The molecule has 0 spiro atoms. The van der Waals surface area contributed by atoms with E-state index in [4.69, 9.17) is 4.52 Å². The molecule has 9 heteroatoms. The summed E-state index contributed by atoms with van der Waals surface area (Å²) in [7, 11) is -3.68. The summed E-state index contributed by atoms with van der Waals surface area (Å²) in [5.41, 5.74) is 3.08. The van der Waals surface area contributed by atoms with Crippen LogP contribution in [0.15, 0.2) is 93.3 Å². The quantitative estimate of drug-likeness (QED) is 0.244. The number of anilines is 1. The molecule has 0 amide bonds. The first-order chi connectivity index (χ1) is 16.8. The fourth-order valence-electron chi connectivity index (χ4n) is 3.46. The van der Waals surface area contributed by atoms with Crippen molar-refractivity contribution in [3.63, 3.8) is 0 Å². The van der Waals surface area contributed by atoms with E-state index in [1.165, 1.54) is 18.2 Å². The van der Waals surface area contributed by atoms with E-state index in [2.05, 4.69) is 20.2 Å². The minimum atomic E-state index is -3.68. The van der Waals surface area contributed by atoms with Gasteiger partial charge in [0.05, 0.1) is 11.2 Å². The van der Waals surface area contributed by atoms with E-state index in [9.17, 15) is 12.8 Å². The van der Waals surface area contributed by atoms with Crippen molar-refractivity contribution in [3.8, 4) is 11.1 Å². The fraction of sp³-hybridized carbons (Fsp3) is 0.154. The van der Waals surface area contributed by atoms with Crippen LogP contribution >= 0.6 is 0 Å². The maximum Gasteiger partial charge on any atom is 0.262 e. The summed E-state index contributed by atoms with van der Waals surface area (Å²) in [5, 5.41) is 6.90. The molecule has 7 nitrogen and oxygen atoms in total. The van der Waals surface area contributed by atoms with Crippen molar-refractivity contribution in [2.45, 2.75) is 24.7 Å². The van der Waals surface area contributed by atoms with Gasteiger partial charge in [-0.25, -0.2) is 12.8 Å². The molecule has 4 rings (SSSR count). The van der Waals surface area contributed by atoms with E-state index >= 15 is 0 Å². The molecule has 1 unspecified atom stereocenters. The average Bonchev–Trinajstić information content (AvgIpc) is 3.33. The second kappa shape index (κ2) is 10.5. The Balaban J connectivity index is 1.33. The minimum Gasteiger partial charge on any atom is -0.359 e. The number of hydrogen-bond donors (Lipinski definition) is 2. The van der Waals surface area contributed by atoms with Crippen molar-refractivity contribution in [3.05, 3.63) is 102 Å². The van der Waals surface area contributed by atoms with Gasteiger partial charge in [-0.2, -0.15) is 0 Å². The van der Waals surface area contributed by atoms with E-state index in [1.807, 2.05) is 50.2 Å². The van der Waals surface area contributed by atoms with Gasteiger partial charge in [0, 0.05) is 17.5 Å². The van der Waals surface area contributed by atoms with Crippen LogP contribution in [0.5, 0.6) is 0 Å². The Kier molecular flexibility index (Phi) is 7.26. The Morgan fingerprint density at radius 3 is 2.51 bits per heavy atom. The lowest BCUT2D eigenvalue weighted by Crippen LogP contribution is -2.22. The lowest BCUT2D eigenvalue weighted by Gasteiger charge is -2.10. The number of benzene rings is 3. The third-order valence-electron chi connectivity index (χ3n) is 5.51. The molecule has 0 bridgehead atoms. The van der Waals surface area contributed by atoms with Crippen LogP contribution in [0.4, 0.5) is 10.2 Å². The third-order valence-corrected chi connectivity index (χ3v) is 6.82. The number of aliphatic imine (C=N–C) groups is 1. The Morgan fingerprint density at radius 2 is 1.80 bits per heavy atom. The molecule has 1 aromatic heterocycles. The first-order valence-corrected chi connectivity index (χ1v) is 12.4.